The minimum absolute atomic E-state index is 0.0853. The SMILES string of the molecule is O=C(NC1CCCCCC1O)c1sccc1Br. The Balaban J connectivity index is 2.00. The molecule has 1 fully saturated rings. The first kappa shape index (κ1) is 13.1. The molecule has 17 heavy (non-hydrogen) atoms. The van der Waals surface area contributed by atoms with Crippen LogP contribution in [0.1, 0.15) is 41.8 Å². The maximum absolute atomic E-state index is 12.0. The van der Waals surface area contributed by atoms with Gasteiger partial charge in [-0.25, -0.2) is 0 Å². The zero-order valence-electron chi connectivity index (χ0n) is 9.49. The number of hydrogen-bond acceptors (Lipinski definition) is 3. The molecule has 94 valence electrons. The van der Waals surface area contributed by atoms with Crippen LogP contribution in [0.15, 0.2) is 15.9 Å². The number of halogens is 1. The van der Waals surface area contributed by atoms with Gasteiger partial charge >= 0.3 is 0 Å². The van der Waals surface area contributed by atoms with E-state index in [1.807, 2.05) is 11.4 Å². The van der Waals surface area contributed by atoms with Crippen LogP contribution in [0.2, 0.25) is 0 Å². The first-order valence-corrected chi connectivity index (χ1v) is 7.57. The first-order valence-electron chi connectivity index (χ1n) is 5.90. The van der Waals surface area contributed by atoms with Crippen LogP contribution in [-0.4, -0.2) is 23.2 Å². The average molecular weight is 318 g/mol. The molecular formula is C12H16BrNO2S. The fourth-order valence-corrected chi connectivity index (χ4v) is 3.60. The first-order chi connectivity index (χ1) is 8.18. The molecule has 0 spiro atoms. The molecule has 2 rings (SSSR count). The predicted octanol–water partition coefficient (Wildman–Crippen LogP) is 2.93. The molecule has 0 bridgehead atoms. The van der Waals surface area contributed by atoms with E-state index in [1.165, 1.54) is 11.3 Å². The van der Waals surface area contributed by atoms with Gasteiger partial charge in [-0.05, 0) is 40.2 Å². The fraction of sp³-hybridized carbons (Fsp3) is 0.583. The van der Waals surface area contributed by atoms with E-state index in [9.17, 15) is 9.90 Å². The monoisotopic (exact) mass is 317 g/mol. The molecule has 1 aliphatic carbocycles. The molecule has 2 atom stereocenters. The molecule has 0 radical (unpaired) electrons. The van der Waals surface area contributed by atoms with Crippen molar-refractivity contribution in [3.05, 3.63) is 20.8 Å². The lowest BCUT2D eigenvalue weighted by molar-refractivity contribution is 0.0822. The molecule has 0 aliphatic heterocycles. The van der Waals surface area contributed by atoms with Crippen molar-refractivity contribution in [2.45, 2.75) is 44.2 Å². The van der Waals surface area contributed by atoms with Gasteiger partial charge in [0, 0.05) is 4.47 Å². The highest BCUT2D eigenvalue weighted by molar-refractivity contribution is 9.10. The lowest BCUT2D eigenvalue weighted by Crippen LogP contribution is -2.42. The van der Waals surface area contributed by atoms with Crippen molar-refractivity contribution in [1.29, 1.82) is 0 Å². The standard InChI is InChI=1S/C12H16BrNO2S/c13-8-6-7-17-11(8)12(16)14-9-4-2-1-3-5-10(9)15/h6-7,9-10,15H,1-5H2,(H,14,16). The van der Waals surface area contributed by atoms with Gasteiger partial charge in [0.05, 0.1) is 12.1 Å². The number of amides is 1. The van der Waals surface area contributed by atoms with Crippen LogP contribution in [-0.2, 0) is 0 Å². The molecule has 1 aromatic rings. The van der Waals surface area contributed by atoms with Crippen molar-refractivity contribution in [3.8, 4) is 0 Å². The zero-order valence-corrected chi connectivity index (χ0v) is 11.9. The van der Waals surface area contributed by atoms with Crippen LogP contribution in [0, 0.1) is 0 Å². The molecular weight excluding hydrogens is 302 g/mol. The van der Waals surface area contributed by atoms with Crippen molar-refractivity contribution in [2.24, 2.45) is 0 Å². The van der Waals surface area contributed by atoms with Gasteiger partial charge in [-0.2, -0.15) is 0 Å². The normalized spacial score (nSPS) is 25.3. The highest BCUT2D eigenvalue weighted by Crippen LogP contribution is 2.24. The van der Waals surface area contributed by atoms with Crippen LogP contribution < -0.4 is 5.32 Å². The van der Waals surface area contributed by atoms with Crippen molar-refractivity contribution in [3.63, 3.8) is 0 Å². The molecule has 1 saturated carbocycles. The van der Waals surface area contributed by atoms with Crippen LogP contribution in [0.5, 0.6) is 0 Å². The molecule has 2 unspecified atom stereocenters. The lowest BCUT2D eigenvalue weighted by atomic mass is 10.1. The van der Waals surface area contributed by atoms with Gasteiger partial charge in [0.2, 0.25) is 0 Å². The van der Waals surface area contributed by atoms with Gasteiger partial charge in [-0.15, -0.1) is 11.3 Å². The lowest BCUT2D eigenvalue weighted by Gasteiger charge is -2.21. The van der Waals surface area contributed by atoms with Gasteiger partial charge in [0.1, 0.15) is 4.88 Å². The van der Waals surface area contributed by atoms with Crippen LogP contribution in [0.3, 0.4) is 0 Å². The van der Waals surface area contributed by atoms with Crippen molar-refractivity contribution >= 4 is 33.2 Å². The molecule has 5 heteroatoms. The fourth-order valence-electron chi connectivity index (χ4n) is 2.15. The summed E-state index contributed by atoms with van der Waals surface area (Å²) < 4.78 is 0.822. The number of nitrogens with one attached hydrogen (secondary N) is 1. The Morgan fingerprint density at radius 3 is 2.88 bits per heavy atom. The average Bonchev–Trinajstić information content (AvgIpc) is 2.63. The zero-order chi connectivity index (χ0) is 12.3. The summed E-state index contributed by atoms with van der Waals surface area (Å²) in [4.78, 5) is 12.7. The third kappa shape index (κ3) is 3.30. The van der Waals surface area contributed by atoms with Gasteiger partial charge < -0.3 is 10.4 Å². The number of hydrogen-bond donors (Lipinski definition) is 2. The van der Waals surface area contributed by atoms with E-state index in [1.54, 1.807) is 0 Å². The maximum Gasteiger partial charge on any atom is 0.262 e. The smallest absolute Gasteiger partial charge is 0.262 e. The topological polar surface area (TPSA) is 49.3 Å². The highest BCUT2D eigenvalue weighted by atomic mass is 79.9. The van der Waals surface area contributed by atoms with Crippen molar-refractivity contribution < 1.29 is 9.90 Å². The predicted molar refractivity (Wildman–Crippen MR) is 72.4 cm³/mol. The Morgan fingerprint density at radius 2 is 2.18 bits per heavy atom. The second-order valence-corrected chi connectivity index (χ2v) is 6.15. The van der Waals surface area contributed by atoms with Gasteiger partial charge in [0.25, 0.3) is 5.91 Å². The third-order valence-corrected chi connectivity index (χ3v) is 4.96. The van der Waals surface area contributed by atoms with E-state index in [-0.39, 0.29) is 11.9 Å². The van der Waals surface area contributed by atoms with E-state index < -0.39 is 6.10 Å². The van der Waals surface area contributed by atoms with Crippen molar-refractivity contribution in [2.75, 3.05) is 0 Å². The quantitative estimate of drug-likeness (QED) is 0.824. The van der Waals surface area contributed by atoms with E-state index >= 15 is 0 Å². The second-order valence-electron chi connectivity index (χ2n) is 4.38. The molecule has 1 aromatic heterocycles. The summed E-state index contributed by atoms with van der Waals surface area (Å²) in [7, 11) is 0. The summed E-state index contributed by atoms with van der Waals surface area (Å²) in [6.45, 7) is 0. The Hall–Kier alpha value is -0.390. The summed E-state index contributed by atoms with van der Waals surface area (Å²) in [5.41, 5.74) is 0. The van der Waals surface area contributed by atoms with Crippen LogP contribution >= 0.6 is 27.3 Å². The summed E-state index contributed by atoms with van der Waals surface area (Å²) >= 11 is 4.76. The third-order valence-electron chi connectivity index (χ3n) is 3.12. The number of aliphatic hydroxyl groups is 1. The van der Waals surface area contributed by atoms with E-state index in [0.29, 0.717) is 4.88 Å². The molecule has 0 saturated heterocycles. The van der Waals surface area contributed by atoms with E-state index in [2.05, 4.69) is 21.2 Å². The van der Waals surface area contributed by atoms with Gasteiger partial charge in [-0.1, -0.05) is 19.3 Å². The molecule has 1 heterocycles. The Labute approximate surface area is 113 Å². The van der Waals surface area contributed by atoms with E-state index in [4.69, 9.17) is 0 Å². The minimum atomic E-state index is -0.403. The van der Waals surface area contributed by atoms with E-state index in [0.717, 1.165) is 36.6 Å². The number of rotatable bonds is 2. The van der Waals surface area contributed by atoms with Gasteiger partial charge in [-0.3, -0.25) is 4.79 Å². The molecule has 3 nitrogen and oxygen atoms in total. The van der Waals surface area contributed by atoms with Gasteiger partial charge in [0.15, 0.2) is 0 Å². The van der Waals surface area contributed by atoms with Crippen LogP contribution in [0.25, 0.3) is 0 Å². The number of aliphatic hydroxyl groups excluding tert-OH is 1. The molecule has 1 amide bonds. The summed E-state index contributed by atoms with van der Waals surface area (Å²) in [6, 6.07) is 1.77. The van der Waals surface area contributed by atoms with Crippen LogP contribution in [0.4, 0.5) is 0 Å². The number of thiophene rings is 1. The Bertz CT molecular complexity index is 394. The molecule has 0 aromatic carbocycles. The number of carbonyl (C=O) groups is 1. The Morgan fingerprint density at radius 1 is 1.41 bits per heavy atom. The summed E-state index contributed by atoms with van der Waals surface area (Å²) in [6.07, 6.45) is 4.53. The summed E-state index contributed by atoms with van der Waals surface area (Å²) in [5.74, 6) is -0.0853. The number of carbonyl (C=O) groups excluding carboxylic acids is 1. The largest absolute Gasteiger partial charge is 0.391 e. The molecule has 1 aliphatic rings. The Kier molecular flexibility index (Phi) is 4.59. The summed E-state index contributed by atoms with van der Waals surface area (Å²) in [5, 5.41) is 14.8. The second kappa shape index (κ2) is 5.98. The highest BCUT2D eigenvalue weighted by Gasteiger charge is 2.24. The minimum Gasteiger partial charge on any atom is -0.391 e. The van der Waals surface area contributed by atoms with Crippen molar-refractivity contribution in [1.82, 2.24) is 5.32 Å². The maximum atomic E-state index is 12.0. The molecule has 2 N–H and O–H groups in total.